The van der Waals surface area contributed by atoms with Crippen LogP contribution in [0.15, 0.2) is 24.3 Å². The molecule has 1 aliphatic rings. The number of halogens is 1. The second-order valence-electron chi connectivity index (χ2n) is 7.52. The third-order valence-electron chi connectivity index (χ3n) is 4.65. The van der Waals surface area contributed by atoms with Crippen molar-refractivity contribution in [3.63, 3.8) is 0 Å². The lowest BCUT2D eigenvalue weighted by Crippen LogP contribution is -2.39. The molecule has 0 saturated heterocycles. The zero-order valence-electron chi connectivity index (χ0n) is 14.9. The van der Waals surface area contributed by atoms with Crippen LogP contribution in [0.5, 0.6) is 0 Å². The highest BCUT2D eigenvalue weighted by Crippen LogP contribution is 2.31. The molecule has 2 heterocycles. The summed E-state index contributed by atoms with van der Waals surface area (Å²) in [7, 11) is 0. The lowest BCUT2D eigenvalue weighted by Gasteiger charge is -2.35. The normalized spacial score (nSPS) is 17.8. The van der Waals surface area contributed by atoms with Crippen molar-refractivity contribution in [1.82, 2.24) is 14.7 Å². The summed E-state index contributed by atoms with van der Waals surface area (Å²) in [5.41, 5.74) is 3.24. The smallest absolute Gasteiger partial charge is 0.274 e. The molecule has 0 aliphatic carbocycles. The fraction of sp³-hybridized carbons (Fsp3) is 0.474. The Morgan fingerprint density at radius 2 is 2.00 bits per heavy atom. The van der Waals surface area contributed by atoms with Crippen molar-refractivity contribution in [2.75, 3.05) is 6.54 Å². The fourth-order valence-corrected chi connectivity index (χ4v) is 3.47. The van der Waals surface area contributed by atoms with Crippen molar-refractivity contribution in [3.8, 4) is 0 Å². The van der Waals surface area contributed by atoms with Gasteiger partial charge in [0.15, 0.2) is 5.69 Å². The molecule has 0 saturated carbocycles. The van der Waals surface area contributed by atoms with E-state index >= 15 is 0 Å². The summed E-state index contributed by atoms with van der Waals surface area (Å²) in [6.45, 7) is 10.7. The zero-order valence-corrected chi connectivity index (χ0v) is 14.9. The van der Waals surface area contributed by atoms with Crippen molar-refractivity contribution in [2.45, 2.75) is 52.6 Å². The molecule has 24 heavy (non-hydrogen) atoms. The van der Waals surface area contributed by atoms with E-state index in [-0.39, 0.29) is 23.3 Å². The first-order chi connectivity index (χ1) is 11.2. The minimum absolute atomic E-state index is 0.0940. The molecule has 1 atom stereocenters. The van der Waals surface area contributed by atoms with Gasteiger partial charge in [-0.3, -0.25) is 9.48 Å². The molecular formula is C19H24FN3O. The van der Waals surface area contributed by atoms with Crippen LogP contribution < -0.4 is 0 Å². The number of aryl methyl sites for hydroxylation is 1. The molecule has 3 rings (SSSR count). The summed E-state index contributed by atoms with van der Waals surface area (Å²) in [6, 6.07) is 6.52. The second-order valence-corrected chi connectivity index (χ2v) is 7.52. The van der Waals surface area contributed by atoms with Crippen LogP contribution in [-0.4, -0.2) is 27.1 Å². The molecule has 1 aliphatic heterocycles. The number of carbonyl (C=O) groups excluding carboxylic acids is 1. The van der Waals surface area contributed by atoms with Gasteiger partial charge in [-0.15, -0.1) is 0 Å². The van der Waals surface area contributed by atoms with Crippen molar-refractivity contribution in [1.29, 1.82) is 0 Å². The van der Waals surface area contributed by atoms with E-state index in [2.05, 4.69) is 25.9 Å². The molecular weight excluding hydrogens is 305 g/mol. The highest BCUT2D eigenvalue weighted by molar-refractivity contribution is 5.93. The van der Waals surface area contributed by atoms with Crippen molar-refractivity contribution >= 4 is 5.91 Å². The van der Waals surface area contributed by atoms with Crippen LogP contribution in [0.2, 0.25) is 0 Å². The highest BCUT2D eigenvalue weighted by atomic mass is 19.1. The van der Waals surface area contributed by atoms with E-state index in [0.717, 1.165) is 23.2 Å². The largest absolute Gasteiger partial charge is 0.330 e. The van der Waals surface area contributed by atoms with Crippen LogP contribution in [-0.2, 0) is 12.0 Å². The number of aromatic nitrogens is 2. The van der Waals surface area contributed by atoms with E-state index in [1.807, 2.05) is 30.7 Å². The van der Waals surface area contributed by atoms with Crippen molar-refractivity contribution in [2.24, 2.45) is 0 Å². The molecule has 0 fully saturated rings. The van der Waals surface area contributed by atoms with Gasteiger partial charge >= 0.3 is 0 Å². The van der Waals surface area contributed by atoms with Gasteiger partial charge in [0.25, 0.3) is 5.91 Å². The van der Waals surface area contributed by atoms with E-state index in [1.165, 1.54) is 6.07 Å². The number of rotatable bonds is 1. The predicted octanol–water partition coefficient (Wildman–Crippen LogP) is 3.85. The van der Waals surface area contributed by atoms with Crippen molar-refractivity contribution < 1.29 is 9.18 Å². The molecule has 1 aromatic heterocycles. The first-order valence-electron chi connectivity index (χ1n) is 8.35. The Labute approximate surface area is 142 Å². The molecule has 128 valence electrons. The molecule has 0 radical (unpaired) electrons. The van der Waals surface area contributed by atoms with Gasteiger partial charge in [0.05, 0.1) is 11.6 Å². The van der Waals surface area contributed by atoms with Gasteiger partial charge in [-0.05, 0) is 70.4 Å². The standard InChI is InChI=1S/C19H24FN3O/c1-12-10-17(21-23(12)19(3,4)5)18(24)22-9-8-14-6-7-15(20)11-16(14)13(22)2/h6-7,10-11,13H,8-9H2,1-5H3. The number of hydrogen-bond acceptors (Lipinski definition) is 2. The minimum atomic E-state index is -0.261. The number of amides is 1. The van der Waals surface area contributed by atoms with Gasteiger partial charge in [-0.2, -0.15) is 5.10 Å². The number of carbonyl (C=O) groups is 1. The van der Waals surface area contributed by atoms with E-state index in [9.17, 15) is 9.18 Å². The van der Waals surface area contributed by atoms with Crippen molar-refractivity contribution in [3.05, 3.63) is 52.6 Å². The molecule has 0 spiro atoms. The monoisotopic (exact) mass is 329 g/mol. The Kier molecular flexibility index (Phi) is 3.98. The highest BCUT2D eigenvalue weighted by Gasteiger charge is 2.30. The third kappa shape index (κ3) is 2.83. The lowest BCUT2D eigenvalue weighted by atomic mass is 9.93. The van der Waals surface area contributed by atoms with Gasteiger partial charge in [0, 0.05) is 12.2 Å². The molecule has 4 nitrogen and oxygen atoms in total. The van der Waals surface area contributed by atoms with Gasteiger partial charge in [-0.25, -0.2) is 4.39 Å². The Morgan fingerprint density at radius 3 is 2.62 bits per heavy atom. The van der Waals surface area contributed by atoms with Gasteiger partial charge in [0.2, 0.25) is 0 Å². The molecule has 0 N–H and O–H groups in total. The number of benzene rings is 1. The number of nitrogens with zero attached hydrogens (tertiary/aromatic N) is 3. The van der Waals surface area contributed by atoms with Gasteiger partial charge in [-0.1, -0.05) is 6.07 Å². The molecule has 1 unspecified atom stereocenters. The van der Waals surface area contributed by atoms with Crippen LogP contribution in [0.25, 0.3) is 0 Å². The quantitative estimate of drug-likeness (QED) is 0.797. The first-order valence-corrected chi connectivity index (χ1v) is 8.35. The summed E-state index contributed by atoms with van der Waals surface area (Å²) in [5, 5.41) is 4.52. The Balaban J connectivity index is 1.91. The zero-order chi connectivity index (χ0) is 17.6. The van der Waals surface area contributed by atoms with Crippen LogP contribution in [0.1, 0.15) is 61.0 Å². The summed E-state index contributed by atoms with van der Waals surface area (Å²) >= 11 is 0. The summed E-state index contributed by atoms with van der Waals surface area (Å²) < 4.78 is 15.5. The Morgan fingerprint density at radius 1 is 1.29 bits per heavy atom. The predicted molar refractivity (Wildman–Crippen MR) is 91.5 cm³/mol. The van der Waals surface area contributed by atoms with Crippen LogP contribution in [0, 0.1) is 12.7 Å². The van der Waals surface area contributed by atoms with E-state index in [0.29, 0.717) is 12.2 Å². The Hall–Kier alpha value is -2.17. The van der Waals surface area contributed by atoms with E-state index in [4.69, 9.17) is 0 Å². The summed E-state index contributed by atoms with van der Waals surface area (Å²) in [6.07, 6.45) is 0.741. The average molecular weight is 329 g/mol. The maximum absolute atomic E-state index is 13.6. The van der Waals surface area contributed by atoms with Crippen LogP contribution in [0.3, 0.4) is 0 Å². The summed E-state index contributed by atoms with van der Waals surface area (Å²) in [4.78, 5) is 14.7. The number of hydrogen-bond donors (Lipinski definition) is 0. The number of fused-ring (bicyclic) bond motifs is 1. The maximum Gasteiger partial charge on any atom is 0.274 e. The molecule has 2 aromatic rings. The molecule has 0 bridgehead atoms. The fourth-order valence-electron chi connectivity index (χ4n) is 3.47. The lowest BCUT2D eigenvalue weighted by molar-refractivity contribution is 0.0669. The first kappa shape index (κ1) is 16.7. The third-order valence-corrected chi connectivity index (χ3v) is 4.65. The minimum Gasteiger partial charge on any atom is -0.330 e. The molecule has 1 aromatic carbocycles. The van der Waals surface area contributed by atoms with E-state index < -0.39 is 0 Å². The molecule has 5 heteroatoms. The second kappa shape index (κ2) is 5.72. The topological polar surface area (TPSA) is 38.1 Å². The SMILES string of the molecule is Cc1cc(C(=O)N2CCc3ccc(F)cc3C2C)nn1C(C)(C)C. The Bertz CT molecular complexity index is 788. The van der Waals surface area contributed by atoms with Crippen LogP contribution in [0.4, 0.5) is 4.39 Å². The summed E-state index contributed by atoms with van der Waals surface area (Å²) in [5.74, 6) is -0.355. The van der Waals surface area contributed by atoms with Gasteiger partial charge in [0.1, 0.15) is 5.82 Å². The van der Waals surface area contributed by atoms with E-state index in [1.54, 1.807) is 11.0 Å². The maximum atomic E-state index is 13.6. The van der Waals surface area contributed by atoms with Crippen LogP contribution >= 0.6 is 0 Å². The average Bonchev–Trinajstić information content (AvgIpc) is 2.90. The van der Waals surface area contributed by atoms with Gasteiger partial charge < -0.3 is 4.90 Å². The molecule has 1 amide bonds.